The van der Waals surface area contributed by atoms with E-state index < -0.39 is 12.7 Å². The second-order valence-electron chi connectivity index (χ2n) is 3.82. The Bertz CT molecular complexity index is 175. The molecule has 0 aromatic carbocycles. The van der Waals surface area contributed by atoms with Crippen molar-refractivity contribution in [3.63, 3.8) is 0 Å². The fraction of sp³-hybridized carbons (Fsp3) is 1.00. The van der Waals surface area contributed by atoms with Crippen LogP contribution in [0.5, 0.6) is 0 Å². The summed E-state index contributed by atoms with van der Waals surface area (Å²) in [5.41, 5.74) is 0. The van der Waals surface area contributed by atoms with Gasteiger partial charge >= 0.3 is 6.18 Å². The molecule has 0 unspecified atom stereocenters. The first kappa shape index (κ1) is 13.7. The van der Waals surface area contributed by atoms with Crippen molar-refractivity contribution in [1.82, 2.24) is 4.90 Å². The fourth-order valence-electron chi connectivity index (χ4n) is 1.63. The number of hydrogen-bond donors (Lipinski definition) is 0. The Labute approximate surface area is 93.5 Å². The maximum absolute atomic E-state index is 12.2. The molecular formula is C10H18F3NO2. The second-order valence-corrected chi connectivity index (χ2v) is 3.82. The summed E-state index contributed by atoms with van der Waals surface area (Å²) in [6, 6.07) is 0. The molecule has 1 aliphatic heterocycles. The van der Waals surface area contributed by atoms with Crippen LogP contribution in [0.4, 0.5) is 13.2 Å². The number of alkyl halides is 3. The molecular weight excluding hydrogens is 223 g/mol. The van der Waals surface area contributed by atoms with E-state index in [0.717, 1.165) is 0 Å². The predicted octanol–water partition coefficient (Wildman–Crippen LogP) is 1.68. The summed E-state index contributed by atoms with van der Waals surface area (Å²) >= 11 is 0. The van der Waals surface area contributed by atoms with E-state index in [2.05, 4.69) is 0 Å². The Morgan fingerprint density at radius 3 is 1.81 bits per heavy atom. The maximum atomic E-state index is 12.2. The monoisotopic (exact) mass is 241 g/mol. The first-order valence-corrected chi connectivity index (χ1v) is 5.52. The van der Waals surface area contributed by atoms with Crippen LogP contribution < -0.4 is 0 Å². The molecule has 0 atom stereocenters. The lowest BCUT2D eigenvalue weighted by atomic mass is 10.3. The minimum Gasteiger partial charge on any atom is -0.379 e. The zero-order chi connectivity index (χ0) is 11.9. The first-order valence-electron chi connectivity index (χ1n) is 5.52. The molecule has 0 N–H and O–H groups in total. The molecule has 1 rings (SSSR count). The highest BCUT2D eigenvalue weighted by Crippen LogP contribution is 2.16. The molecule has 0 saturated carbocycles. The van der Waals surface area contributed by atoms with Crippen LogP contribution in [0.25, 0.3) is 0 Å². The van der Waals surface area contributed by atoms with Crippen LogP contribution in [0.2, 0.25) is 0 Å². The van der Waals surface area contributed by atoms with Gasteiger partial charge in [0.1, 0.15) is 0 Å². The summed E-state index contributed by atoms with van der Waals surface area (Å²) in [5.74, 6) is 0. The SMILES string of the molecule is FC(F)(F)CN1CCCOCCOCCC1. The molecule has 0 aromatic rings. The average Bonchev–Trinajstić information content (AvgIpc) is 2.22. The van der Waals surface area contributed by atoms with Crippen LogP contribution in [0.1, 0.15) is 12.8 Å². The van der Waals surface area contributed by atoms with Gasteiger partial charge in [0.15, 0.2) is 0 Å². The second kappa shape index (κ2) is 7.09. The van der Waals surface area contributed by atoms with Crippen molar-refractivity contribution in [1.29, 1.82) is 0 Å². The van der Waals surface area contributed by atoms with Gasteiger partial charge in [-0.3, -0.25) is 4.90 Å². The Morgan fingerprint density at radius 1 is 0.875 bits per heavy atom. The van der Waals surface area contributed by atoms with E-state index >= 15 is 0 Å². The van der Waals surface area contributed by atoms with Gasteiger partial charge in [0, 0.05) is 26.3 Å². The van der Waals surface area contributed by atoms with E-state index in [-0.39, 0.29) is 0 Å². The number of nitrogens with zero attached hydrogens (tertiary/aromatic N) is 1. The zero-order valence-electron chi connectivity index (χ0n) is 9.26. The summed E-state index contributed by atoms with van der Waals surface area (Å²) < 4.78 is 47.1. The Balaban J connectivity index is 2.33. The molecule has 6 heteroatoms. The molecule has 1 aliphatic rings. The zero-order valence-corrected chi connectivity index (χ0v) is 9.26. The number of halogens is 3. The number of ether oxygens (including phenoxy) is 2. The van der Waals surface area contributed by atoms with Crippen molar-refractivity contribution in [2.45, 2.75) is 19.0 Å². The molecule has 0 aromatic heterocycles. The van der Waals surface area contributed by atoms with Crippen molar-refractivity contribution >= 4 is 0 Å². The van der Waals surface area contributed by atoms with Crippen LogP contribution >= 0.6 is 0 Å². The summed E-state index contributed by atoms with van der Waals surface area (Å²) in [5, 5.41) is 0. The minimum absolute atomic E-state index is 0.430. The smallest absolute Gasteiger partial charge is 0.379 e. The van der Waals surface area contributed by atoms with Crippen LogP contribution in [-0.2, 0) is 9.47 Å². The molecule has 0 spiro atoms. The Morgan fingerprint density at radius 2 is 1.38 bits per heavy atom. The molecule has 1 heterocycles. The van der Waals surface area contributed by atoms with Crippen molar-refractivity contribution in [3.8, 4) is 0 Å². The van der Waals surface area contributed by atoms with Gasteiger partial charge in [-0.1, -0.05) is 0 Å². The predicted molar refractivity (Wildman–Crippen MR) is 53.4 cm³/mol. The van der Waals surface area contributed by atoms with Gasteiger partial charge in [-0.2, -0.15) is 13.2 Å². The van der Waals surface area contributed by atoms with Gasteiger partial charge in [0.2, 0.25) is 0 Å². The minimum atomic E-state index is -4.12. The van der Waals surface area contributed by atoms with Gasteiger partial charge in [-0.25, -0.2) is 0 Å². The molecule has 96 valence electrons. The molecule has 0 amide bonds. The Hall–Kier alpha value is -0.330. The lowest BCUT2D eigenvalue weighted by Gasteiger charge is -2.23. The summed E-state index contributed by atoms with van der Waals surface area (Å²) in [4.78, 5) is 1.41. The molecule has 0 aliphatic carbocycles. The van der Waals surface area contributed by atoms with Crippen LogP contribution in [-0.4, -0.2) is 57.1 Å². The first-order chi connectivity index (χ1) is 7.58. The Kier molecular flexibility index (Phi) is 6.08. The van der Waals surface area contributed by atoms with Crippen LogP contribution in [0, 0.1) is 0 Å². The average molecular weight is 241 g/mol. The molecule has 16 heavy (non-hydrogen) atoms. The van der Waals surface area contributed by atoms with E-state index in [0.29, 0.717) is 52.4 Å². The standard InChI is InChI=1S/C10H18F3NO2/c11-10(12,13)9-14-3-1-5-15-7-8-16-6-2-4-14/h1-9H2. The van der Waals surface area contributed by atoms with Crippen LogP contribution in [0.15, 0.2) is 0 Å². The summed E-state index contributed by atoms with van der Waals surface area (Å²) in [7, 11) is 0. The van der Waals surface area contributed by atoms with E-state index in [4.69, 9.17) is 9.47 Å². The molecule has 3 nitrogen and oxygen atoms in total. The van der Waals surface area contributed by atoms with E-state index in [9.17, 15) is 13.2 Å². The fourth-order valence-corrected chi connectivity index (χ4v) is 1.63. The van der Waals surface area contributed by atoms with E-state index in [1.807, 2.05) is 0 Å². The quantitative estimate of drug-likeness (QED) is 0.697. The topological polar surface area (TPSA) is 21.7 Å². The number of hydrogen-bond acceptors (Lipinski definition) is 3. The molecule has 1 fully saturated rings. The molecule has 0 radical (unpaired) electrons. The highest BCUT2D eigenvalue weighted by molar-refractivity contribution is 4.64. The van der Waals surface area contributed by atoms with Crippen molar-refractivity contribution in [2.75, 3.05) is 46.1 Å². The lowest BCUT2D eigenvalue weighted by molar-refractivity contribution is -0.146. The normalized spacial score (nSPS) is 22.7. The van der Waals surface area contributed by atoms with Crippen molar-refractivity contribution in [2.24, 2.45) is 0 Å². The molecule has 0 bridgehead atoms. The van der Waals surface area contributed by atoms with E-state index in [1.54, 1.807) is 0 Å². The van der Waals surface area contributed by atoms with Gasteiger partial charge in [0.05, 0.1) is 19.8 Å². The van der Waals surface area contributed by atoms with Crippen molar-refractivity contribution < 1.29 is 22.6 Å². The van der Waals surface area contributed by atoms with Crippen LogP contribution in [0.3, 0.4) is 0 Å². The summed E-state index contributed by atoms with van der Waals surface area (Å²) in [6.45, 7) is 2.07. The van der Waals surface area contributed by atoms with E-state index in [1.165, 1.54) is 4.90 Å². The number of rotatable bonds is 1. The highest BCUT2D eigenvalue weighted by Gasteiger charge is 2.30. The van der Waals surface area contributed by atoms with Gasteiger partial charge in [-0.15, -0.1) is 0 Å². The van der Waals surface area contributed by atoms with Gasteiger partial charge in [-0.05, 0) is 12.8 Å². The third-order valence-corrected chi connectivity index (χ3v) is 2.30. The van der Waals surface area contributed by atoms with Gasteiger partial charge < -0.3 is 9.47 Å². The third kappa shape index (κ3) is 7.03. The van der Waals surface area contributed by atoms with Gasteiger partial charge in [0.25, 0.3) is 0 Å². The largest absolute Gasteiger partial charge is 0.401 e. The molecule has 1 saturated heterocycles. The summed E-state index contributed by atoms with van der Waals surface area (Å²) in [6.07, 6.45) is -2.85. The maximum Gasteiger partial charge on any atom is 0.401 e. The lowest BCUT2D eigenvalue weighted by Crippen LogP contribution is -2.36. The highest BCUT2D eigenvalue weighted by atomic mass is 19.4. The van der Waals surface area contributed by atoms with Crippen molar-refractivity contribution in [3.05, 3.63) is 0 Å². The third-order valence-electron chi connectivity index (χ3n) is 2.30.